The molecule has 1 aliphatic rings. The number of ether oxygens (including phenoxy) is 1. The molecule has 0 amide bonds. The Morgan fingerprint density at radius 1 is 1.12 bits per heavy atom. The van der Waals surface area contributed by atoms with Gasteiger partial charge in [0.1, 0.15) is 5.60 Å². The highest BCUT2D eigenvalue weighted by molar-refractivity contribution is 7.99. The summed E-state index contributed by atoms with van der Waals surface area (Å²) in [6.07, 6.45) is 4.16. The van der Waals surface area contributed by atoms with Crippen LogP contribution in [0.15, 0.2) is 52.3 Å². The quantitative estimate of drug-likeness (QED) is 0.342. The molecule has 1 heterocycles. The van der Waals surface area contributed by atoms with Crippen molar-refractivity contribution < 1.29 is 19.4 Å². The predicted octanol–water partition coefficient (Wildman–Crippen LogP) is 6.80. The second kappa shape index (κ2) is 10.9. The summed E-state index contributed by atoms with van der Waals surface area (Å²) in [5.41, 5.74) is 1.06. The van der Waals surface area contributed by atoms with Crippen LogP contribution in [0.5, 0.6) is 0 Å². The van der Waals surface area contributed by atoms with Crippen LogP contribution in [0, 0.1) is 5.92 Å². The molecule has 5 nitrogen and oxygen atoms in total. The highest BCUT2D eigenvalue weighted by atomic mass is 35.5. The van der Waals surface area contributed by atoms with Gasteiger partial charge >= 0.3 is 11.9 Å². The fraction of sp³-hybridized carbons (Fsp3) is 0.360. The van der Waals surface area contributed by atoms with E-state index < -0.39 is 11.6 Å². The molecule has 1 N–H and O–H groups in total. The molecule has 0 radical (unpaired) electrons. The van der Waals surface area contributed by atoms with E-state index in [4.69, 9.17) is 33.0 Å². The van der Waals surface area contributed by atoms with Crippen molar-refractivity contribution in [3.05, 3.63) is 58.1 Å². The van der Waals surface area contributed by atoms with Gasteiger partial charge in [0.25, 0.3) is 0 Å². The lowest BCUT2D eigenvalue weighted by molar-refractivity contribution is -0.160. The number of benzene rings is 2. The molecule has 3 rings (SSSR count). The van der Waals surface area contributed by atoms with Crippen LogP contribution in [0.2, 0.25) is 10.0 Å². The number of aliphatic carboxylic acids is 1. The number of hydrogen-bond donors (Lipinski definition) is 1. The van der Waals surface area contributed by atoms with Gasteiger partial charge in [-0.05, 0) is 63.5 Å². The lowest BCUT2D eigenvalue weighted by atomic mass is 9.97. The number of esters is 1. The van der Waals surface area contributed by atoms with Gasteiger partial charge in [-0.25, -0.2) is 4.79 Å². The predicted molar refractivity (Wildman–Crippen MR) is 134 cm³/mol. The van der Waals surface area contributed by atoms with E-state index in [-0.39, 0.29) is 11.9 Å². The van der Waals surface area contributed by atoms with Crippen molar-refractivity contribution in [2.45, 2.75) is 49.0 Å². The highest BCUT2D eigenvalue weighted by Gasteiger charge is 2.30. The molecule has 0 saturated carbocycles. The van der Waals surface area contributed by atoms with Crippen molar-refractivity contribution >= 4 is 58.7 Å². The standard InChI is InChI=1S/C25H27Cl2NO4S/c1-25(2,3)32-24(31)17-7-6-14-28(15-17)18-8-4-5-9-19(18)33-20-12-10-16(11-13-21(29)30)22(26)23(20)27/h4-5,8-13,17H,6-7,14-15H2,1-3H3,(H,29,30). The summed E-state index contributed by atoms with van der Waals surface area (Å²) >= 11 is 14.4. The number of para-hydroxylation sites is 1. The van der Waals surface area contributed by atoms with Crippen LogP contribution in [0.3, 0.4) is 0 Å². The summed E-state index contributed by atoms with van der Waals surface area (Å²) in [5.74, 6) is -1.38. The number of carbonyl (C=O) groups excluding carboxylic acids is 1. The van der Waals surface area contributed by atoms with Gasteiger partial charge in [-0.3, -0.25) is 4.79 Å². The molecule has 8 heteroatoms. The molecule has 2 aromatic carbocycles. The molecule has 1 fully saturated rings. The van der Waals surface area contributed by atoms with Crippen LogP contribution >= 0.6 is 35.0 Å². The maximum atomic E-state index is 12.6. The average Bonchev–Trinajstić information content (AvgIpc) is 2.75. The number of halogens is 2. The van der Waals surface area contributed by atoms with Gasteiger partial charge in [0.2, 0.25) is 0 Å². The van der Waals surface area contributed by atoms with E-state index in [1.807, 2.05) is 51.1 Å². The number of anilines is 1. The SMILES string of the molecule is CC(C)(C)OC(=O)C1CCCN(c2ccccc2Sc2ccc(C=CC(=O)O)c(Cl)c2Cl)C1. The lowest BCUT2D eigenvalue weighted by Crippen LogP contribution is -2.41. The Kier molecular flexibility index (Phi) is 8.38. The molecule has 0 aliphatic carbocycles. The minimum absolute atomic E-state index is 0.155. The fourth-order valence-electron chi connectivity index (χ4n) is 3.61. The minimum atomic E-state index is -1.05. The third-order valence-corrected chi connectivity index (χ3v) is 7.20. The van der Waals surface area contributed by atoms with Crippen molar-refractivity contribution in [1.29, 1.82) is 0 Å². The summed E-state index contributed by atoms with van der Waals surface area (Å²) in [6, 6.07) is 11.6. The van der Waals surface area contributed by atoms with Crippen LogP contribution in [0.1, 0.15) is 39.2 Å². The second-order valence-electron chi connectivity index (χ2n) is 8.84. The zero-order valence-corrected chi connectivity index (χ0v) is 21.1. The average molecular weight is 508 g/mol. The van der Waals surface area contributed by atoms with Crippen LogP contribution in [-0.2, 0) is 14.3 Å². The Morgan fingerprint density at radius 2 is 1.85 bits per heavy atom. The summed E-state index contributed by atoms with van der Waals surface area (Å²) < 4.78 is 5.62. The summed E-state index contributed by atoms with van der Waals surface area (Å²) in [5, 5.41) is 9.52. The van der Waals surface area contributed by atoms with E-state index in [1.165, 1.54) is 17.8 Å². The first-order chi connectivity index (χ1) is 15.5. The number of nitrogens with zero attached hydrogens (tertiary/aromatic N) is 1. The number of carboxylic acids is 1. The molecule has 0 aromatic heterocycles. The van der Waals surface area contributed by atoms with Crippen molar-refractivity contribution in [3.8, 4) is 0 Å². The zero-order valence-electron chi connectivity index (χ0n) is 18.8. The van der Waals surface area contributed by atoms with Crippen LogP contribution in [-0.4, -0.2) is 35.7 Å². The largest absolute Gasteiger partial charge is 0.478 e. The zero-order chi connectivity index (χ0) is 24.2. The van der Waals surface area contributed by atoms with Gasteiger partial charge in [-0.1, -0.05) is 53.2 Å². The molecule has 176 valence electrons. The maximum Gasteiger partial charge on any atom is 0.328 e. The lowest BCUT2D eigenvalue weighted by Gasteiger charge is -2.35. The Bertz CT molecular complexity index is 1060. The molecule has 33 heavy (non-hydrogen) atoms. The van der Waals surface area contributed by atoms with Gasteiger partial charge in [0, 0.05) is 29.0 Å². The van der Waals surface area contributed by atoms with Gasteiger partial charge in [0.15, 0.2) is 0 Å². The molecule has 0 bridgehead atoms. The Labute approximate surface area is 208 Å². The van der Waals surface area contributed by atoms with E-state index in [0.29, 0.717) is 22.2 Å². The normalized spacial score (nSPS) is 16.8. The van der Waals surface area contributed by atoms with Crippen LogP contribution in [0.4, 0.5) is 5.69 Å². The first kappa shape index (κ1) is 25.5. The highest BCUT2D eigenvalue weighted by Crippen LogP contribution is 2.43. The van der Waals surface area contributed by atoms with Gasteiger partial charge in [-0.2, -0.15) is 0 Å². The van der Waals surface area contributed by atoms with E-state index in [0.717, 1.165) is 40.9 Å². The summed E-state index contributed by atoms with van der Waals surface area (Å²) in [4.78, 5) is 27.4. The van der Waals surface area contributed by atoms with Crippen molar-refractivity contribution in [2.75, 3.05) is 18.0 Å². The summed E-state index contributed by atoms with van der Waals surface area (Å²) in [6.45, 7) is 7.10. The van der Waals surface area contributed by atoms with E-state index in [2.05, 4.69) is 4.90 Å². The van der Waals surface area contributed by atoms with Crippen molar-refractivity contribution in [2.24, 2.45) is 5.92 Å². The Morgan fingerprint density at radius 3 is 2.55 bits per heavy atom. The number of carbonyl (C=O) groups is 2. The molecule has 0 spiro atoms. The van der Waals surface area contributed by atoms with Gasteiger partial charge in [-0.15, -0.1) is 0 Å². The smallest absolute Gasteiger partial charge is 0.328 e. The van der Waals surface area contributed by atoms with Gasteiger partial charge in [0.05, 0.1) is 21.7 Å². The molecule has 1 unspecified atom stereocenters. The Balaban J connectivity index is 1.82. The summed E-state index contributed by atoms with van der Waals surface area (Å²) in [7, 11) is 0. The van der Waals surface area contributed by atoms with Gasteiger partial charge < -0.3 is 14.7 Å². The van der Waals surface area contributed by atoms with E-state index in [9.17, 15) is 9.59 Å². The number of hydrogen-bond acceptors (Lipinski definition) is 5. The molecule has 2 aromatic rings. The molecule has 1 aliphatic heterocycles. The second-order valence-corrected chi connectivity index (χ2v) is 10.7. The number of rotatable bonds is 6. The first-order valence-electron chi connectivity index (χ1n) is 10.7. The first-order valence-corrected chi connectivity index (χ1v) is 12.3. The monoisotopic (exact) mass is 507 g/mol. The maximum absolute atomic E-state index is 12.6. The third kappa shape index (κ3) is 6.92. The van der Waals surface area contributed by atoms with Crippen LogP contribution < -0.4 is 4.90 Å². The van der Waals surface area contributed by atoms with Crippen molar-refractivity contribution in [3.63, 3.8) is 0 Å². The van der Waals surface area contributed by atoms with Crippen molar-refractivity contribution in [1.82, 2.24) is 0 Å². The Hall–Kier alpha value is -2.15. The number of piperidine rings is 1. The third-order valence-electron chi connectivity index (χ3n) is 5.07. The molecule has 1 saturated heterocycles. The topological polar surface area (TPSA) is 66.8 Å². The fourth-order valence-corrected chi connectivity index (χ4v) is 5.20. The van der Waals surface area contributed by atoms with E-state index in [1.54, 1.807) is 6.07 Å². The molecular formula is C25H27Cl2NO4S. The van der Waals surface area contributed by atoms with E-state index >= 15 is 0 Å². The molecule has 1 atom stereocenters. The number of carboxylic acid groups (broad SMARTS) is 1. The van der Waals surface area contributed by atoms with Crippen LogP contribution in [0.25, 0.3) is 6.08 Å². The minimum Gasteiger partial charge on any atom is -0.478 e. The molecular weight excluding hydrogens is 481 g/mol.